The number of hydrogen-bond donors (Lipinski definition) is 1. The monoisotopic (exact) mass is 392 g/mol. The van der Waals surface area contributed by atoms with Gasteiger partial charge in [-0.1, -0.05) is 17.7 Å². The van der Waals surface area contributed by atoms with Crippen LogP contribution in [0.1, 0.15) is 34.6 Å². The zero-order valence-corrected chi connectivity index (χ0v) is 16.0. The van der Waals surface area contributed by atoms with E-state index in [-0.39, 0.29) is 12.2 Å². The summed E-state index contributed by atoms with van der Waals surface area (Å²) >= 11 is 6.90. The van der Waals surface area contributed by atoms with Gasteiger partial charge >= 0.3 is 5.97 Å². The van der Waals surface area contributed by atoms with E-state index in [4.69, 9.17) is 21.1 Å². The molecule has 1 unspecified atom stereocenters. The lowest BCUT2D eigenvalue weighted by atomic mass is 10.2. The number of carbonyl (C=O) groups excluding carboxylic acids is 2. The number of nitrogens with one attached hydrogen (secondary N) is 1. The van der Waals surface area contributed by atoms with Gasteiger partial charge in [-0.3, -0.25) is 4.79 Å². The SMILES string of the molecule is CCOC(=O)c1sc(NC(=O)C(C)Oc2cccc(Cl)c2)c(C#N)c1C. The van der Waals surface area contributed by atoms with Gasteiger partial charge in [-0.25, -0.2) is 4.79 Å². The van der Waals surface area contributed by atoms with E-state index in [9.17, 15) is 14.9 Å². The van der Waals surface area contributed by atoms with E-state index < -0.39 is 18.0 Å². The first kappa shape index (κ1) is 19.8. The fraction of sp³-hybridized carbons (Fsp3) is 0.278. The number of nitrogens with zero attached hydrogens (tertiary/aromatic N) is 1. The molecule has 6 nitrogen and oxygen atoms in total. The van der Waals surface area contributed by atoms with Gasteiger partial charge in [0.15, 0.2) is 6.10 Å². The number of benzene rings is 1. The molecule has 1 amide bonds. The highest BCUT2D eigenvalue weighted by Crippen LogP contribution is 2.33. The van der Waals surface area contributed by atoms with Gasteiger partial charge in [0.2, 0.25) is 0 Å². The van der Waals surface area contributed by atoms with Crippen LogP contribution in [0.2, 0.25) is 5.02 Å². The van der Waals surface area contributed by atoms with E-state index >= 15 is 0 Å². The summed E-state index contributed by atoms with van der Waals surface area (Å²) in [6.07, 6.45) is -0.826. The molecule has 0 saturated carbocycles. The Morgan fingerprint density at radius 2 is 2.15 bits per heavy atom. The lowest BCUT2D eigenvalue weighted by molar-refractivity contribution is -0.122. The quantitative estimate of drug-likeness (QED) is 0.745. The van der Waals surface area contributed by atoms with E-state index in [2.05, 4.69) is 5.32 Å². The summed E-state index contributed by atoms with van der Waals surface area (Å²) < 4.78 is 10.5. The Kier molecular flexibility index (Phi) is 6.61. The molecule has 0 saturated heterocycles. The summed E-state index contributed by atoms with van der Waals surface area (Å²) in [5.41, 5.74) is 0.719. The van der Waals surface area contributed by atoms with Crippen LogP contribution in [0.3, 0.4) is 0 Å². The Bertz CT molecular complexity index is 873. The molecule has 8 heteroatoms. The molecule has 1 atom stereocenters. The lowest BCUT2D eigenvalue weighted by Gasteiger charge is -2.14. The predicted octanol–water partition coefficient (Wildman–Crippen LogP) is 4.16. The van der Waals surface area contributed by atoms with Crippen molar-refractivity contribution in [2.75, 3.05) is 11.9 Å². The molecule has 0 radical (unpaired) electrons. The number of amides is 1. The molecule has 0 fully saturated rings. The first-order valence-electron chi connectivity index (χ1n) is 7.81. The molecular formula is C18H17ClN2O4S. The van der Waals surface area contributed by atoms with E-state index in [1.807, 2.05) is 6.07 Å². The molecule has 0 aliphatic carbocycles. The van der Waals surface area contributed by atoms with Crippen molar-refractivity contribution in [3.63, 3.8) is 0 Å². The van der Waals surface area contributed by atoms with Crippen molar-refractivity contribution in [1.29, 1.82) is 5.26 Å². The van der Waals surface area contributed by atoms with Gasteiger partial charge < -0.3 is 14.8 Å². The third-order valence-electron chi connectivity index (χ3n) is 3.43. The Morgan fingerprint density at radius 1 is 1.42 bits per heavy atom. The molecule has 2 rings (SSSR count). The van der Waals surface area contributed by atoms with Gasteiger partial charge in [-0.2, -0.15) is 5.26 Å². The Labute approximate surface area is 160 Å². The van der Waals surface area contributed by atoms with Gasteiger partial charge in [0.25, 0.3) is 5.91 Å². The normalized spacial score (nSPS) is 11.3. The smallest absolute Gasteiger partial charge is 0.348 e. The van der Waals surface area contributed by atoms with E-state index in [1.54, 1.807) is 45.0 Å². The number of halogens is 1. The van der Waals surface area contributed by atoms with Crippen LogP contribution in [0.4, 0.5) is 5.00 Å². The minimum absolute atomic E-state index is 0.226. The molecule has 26 heavy (non-hydrogen) atoms. The second-order valence-electron chi connectivity index (χ2n) is 5.30. The zero-order valence-electron chi connectivity index (χ0n) is 14.5. The summed E-state index contributed by atoms with van der Waals surface area (Å²) in [5, 5.41) is 12.8. The van der Waals surface area contributed by atoms with Gasteiger partial charge in [0.1, 0.15) is 21.7 Å². The molecule has 1 heterocycles. The summed E-state index contributed by atoms with van der Waals surface area (Å²) in [6, 6.07) is 8.71. The number of thiophene rings is 1. The van der Waals surface area contributed by atoms with Crippen LogP contribution in [0.5, 0.6) is 5.75 Å². The third-order valence-corrected chi connectivity index (χ3v) is 4.86. The predicted molar refractivity (Wildman–Crippen MR) is 99.9 cm³/mol. The molecular weight excluding hydrogens is 376 g/mol. The summed E-state index contributed by atoms with van der Waals surface area (Å²) in [6.45, 7) is 5.14. The first-order valence-corrected chi connectivity index (χ1v) is 9.00. The Balaban J connectivity index is 2.16. The van der Waals surface area contributed by atoms with Crippen LogP contribution >= 0.6 is 22.9 Å². The maximum absolute atomic E-state index is 12.4. The number of carbonyl (C=O) groups is 2. The molecule has 0 spiro atoms. The minimum Gasteiger partial charge on any atom is -0.481 e. The van der Waals surface area contributed by atoms with Crippen molar-refractivity contribution in [2.45, 2.75) is 26.9 Å². The average molecular weight is 393 g/mol. The Hall–Kier alpha value is -2.56. The largest absolute Gasteiger partial charge is 0.481 e. The maximum Gasteiger partial charge on any atom is 0.348 e. The van der Waals surface area contributed by atoms with Crippen molar-refractivity contribution in [3.05, 3.63) is 45.3 Å². The topological polar surface area (TPSA) is 88.4 Å². The van der Waals surface area contributed by atoms with Crippen LogP contribution in [0.25, 0.3) is 0 Å². The van der Waals surface area contributed by atoms with Gasteiger partial charge in [-0.15, -0.1) is 11.3 Å². The molecule has 136 valence electrons. The highest BCUT2D eigenvalue weighted by atomic mass is 35.5. The van der Waals surface area contributed by atoms with Crippen LogP contribution in [0.15, 0.2) is 24.3 Å². The zero-order chi connectivity index (χ0) is 19.3. The number of nitriles is 1. The van der Waals surface area contributed by atoms with Crippen LogP contribution < -0.4 is 10.1 Å². The van der Waals surface area contributed by atoms with Crippen LogP contribution in [0, 0.1) is 18.3 Å². The van der Waals surface area contributed by atoms with Crippen LogP contribution in [-0.2, 0) is 9.53 Å². The van der Waals surface area contributed by atoms with Crippen LogP contribution in [-0.4, -0.2) is 24.6 Å². The fourth-order valence-corrected chi connectivity index (χ4v) is 3.37. The second kappa shape index (κ2) is 8.70. The van der Waals surface area contributed by atoms with Gasteiger partial charge in [-0.05, 0) is 44.5 Å². The highest BCUT2D eigenvalue weighted by Gasteiger charge is 2.24. The summed E-state index contributed by atoms with van der Waals surface area (Å²) in [7, 11) is 0. The van der Waals surface area contributed by atoms with E-state index in [0.29, 0.717) is 26.2 Å². The third kappa shape index (κ3) is 4.54. The molecule has 0 bridgehead atoms. The average Bonchev–Trinajstić information content (AvgIpc) is 2.90. The van der Waals surface area contributed by atoms with Crippen molar-refractivity contribution >= 4 is 39.8 Å². The molecule has 1 aromatic heterocycles. The molecule has 2 aromatic rings. The summed E-state index contributed by atoms with van der Waals surface area (Å²) in [4.78, 5) is 24.7. The first-order chi connectivity index (χ1) is 12.4. The standard InChI is InChI=1S/C18H17ClN2O4S/c1-4-24-18(23)15-10(2)14(9-20)17(26-15)21-16(22)11(3)25-13-7-5-6-12(19)8-13/h5-8,11H,4H2,1-3H3,(H,21,22). The fourth-order valence-electron chi connectivity index (χ4n) is 2.14. The van der Waals surface area contributed by atoms with Crippen molar-refractivity contribution < 1.29 is 19.1 Å². The highest BCUT2D eigenvalue weighted by molar-refractivity contribution is 7.18. The minimum atomic E-state index is -0.826. The molecule has 1 N–H and O–H groups in total. The number of hydrogen-bond acceptors (Lipinski definition) is 6. The molecule has 0 aliphatic rings. The summed E-state index contributed by atoms with van der Waals surface area (Å²) in [5.74, 6) is -0.511. The van der Waals surface area contributed by atoms with Crippen molar-refractivity contribution in [2.24, 2.45) is 0 Å². The number of esters is 1. The van der Waals surface area contributed by atoms with E-state index in [0.717, 1.165) is 11.3 Å². The second-order valence-corrected chi connectivity index (χ2v) is 6.76. The molecule has 0 aliphatic heterocycles. The van der Waals surface area contributed by atoms with Gasteiger partial charge in [0.05, 0.1) is 12.2 Å². The Morgan fingerprint density at radius 3 is 2.77 bits per heavy atom. The number of anilines is 1. The molecule has 1 aromatic carbocycles. The van der Waals surface area contributed by atoms with Crippen molar-refractivity contribution in [3.8, 4) is 11.8 Å². The lowest BCUT2D eigenvalue weighted by Crippen LogP contribution is -2.30. The number of ether oxygens (including phenoxy) is 2. The van der Waals surface area contributed by atoms with Crippen molar-refractivity contribution in [1.82, 2.24) is 0 Å². The van der Waals surface area contributed by atoms with E-state index in [1.165, 1.54) is 0 Å². The van der Waals surface area contributed by atoms with Gasteiger partial charge in [0, 0.05) is 5.02 Å². The maximum atomic E-state index is 12.4. The number of rotatable bonds is 6.